The van der Waals surface area contributed by atoms with Crippen LogP contribution in [0.5, 0.6) is 0 Å². The zero-order valence-corrected chi connectivity index (χ0v) is 17.8. The van der Waals surface area contributed by atoms with Crippen molar-refractivity contribution in [3.05, 3.63) is 63.4 Å². The van der Waals surface area contributed by atoms with Gasteiger partial charge in [0.25, 0.3) is 5.56 Å². The highest BCUT2D eigenvalue weighted by Gasteiger charge is 2.23. The van der Waals surface area contributed by atoms with Gasteiger partial charge in [0.05, 0.1) is 16.7 Å². The van der Waals surface area contributed by atoms with Gasteiger partial charge in [0, 0.05) is 23.8 Å². The molecule has 2 aromatic carbocycles. The lowest BCUT2D eigenvalue weighted by Crippen LogP contribution is -2.36. The van der Waals surface area contributed by atoms with E-state index in [0.29, 0.717) is 27.6 Å². The van der Waals surface area contributed by atoms with Crippen LogP contribution in [-0.2, 0) is 17.8 Å². The summed E-state index contributed by atoms with van der Waals surface area (Å²) in [6.45, 7) is 3.30. The van der Waals surface area contributed by atoms with Crippen molar-refractivity contribution < 1.29 is 4.79 Å². The van der Waals surface area contributed by atoms with Crippen molar-refractivity contribution >= 4 is 45.9 Å². The standard InChI is InChI=1S/C22H22ClN3O2S/c1-2-11-26-21(28)17-10-9-16(23)13-18(17)24-22(26)29-14-20(27)25-12-5-7-15-6-3-4-8-19(15)25/h3-4,6,8-10,13H,2,5,7,11-12,14H2,1H3. The van der Waals surface area contributed by atoms with E-state index in [0.717, 1.165) is 31.5 Å². The van der Waals surface area contributed by atoms with Crippen molar-refractivity contribution in [3.63, 3.8) is 0 Å². The Labute approximate surface area is 178 Å². The summed E-state index contributed by atoms with van der Waals surface area (Å²) in [4.78, 5) is 32.4. The molecule has 0 unspecified atom stereocenters. The van der Waals surface area contributed by atoms with E-state index in [4.69, 9.17) is 11.6 Å². The largest absolute Gasteiger partial charge is 0.311 e. The highest BCUT2D eigenvalue weighted by molar-refractivity contribution is 7.99. The predicted molar refractivity (Wildman–Crippen MR) is 119 cm³/mol. The Hall–Kier alpha value is -2.31. The van der Waals surface area contributed by atoms with Crippen LogP contribution in [0.4, 0.5) is 5.69 Å². The Morgan fingerprint density at radius 2 is 2.07 bits per heavy atom. The van der Waals surface area contributed by atoms with Gasteiger partial charge in [-0.3, -0.25) is 14.2 Å². The first-order chi connectivity index (χ1) is 14.1. The quantitative estimate of drug-likeness (QED) is 0.443. The van der Waals surface area contributed by atoms with Crippen molar-refractivity contribution in [2.75, 3.05) is 17.2 Å². The second kappa shape index (κ2) is 8.59. The van der Waals surface area contributed by atoms with Crippen molar-refractivity contribution in [2.24, 2.45) is 0 Å². The first-order valence-corrected chi connectivity index (χ1v) is 11.2. The molecule has 3 aromatic rings. The molecule has 0 bridgehead atoms. The molecule has 1 amide bonds. The van der Waals surface area contributed by atoms with Crippen LogP contribution in [-0.4, -0.2) is 27.8 Å². The second-order valence-corrected chi connectivity index (χ2v) is 8.46. The van der Waals surface area contributed by atoms with Crippen LogP contribution in [0.2, 0.25) is 5.02 Å². The number of halogens is 1. The number of rotatable bonds is 5. The first kappa shape index (κ1) is 20.0. The van der Waals surface area contributed by atoms with E-state index in [1.165, 1.54) is 17.3 Å². The van der Waals surface area contributed by atoms with E-state index >= 15 is 0 Å². The number of carbonyl (C=O) groups excluding carboxylic acids is 1. The van der Waals surface area contributed by atoms with Gasteiger partial charge in [-0.05, 0) is 49.1 Å². The van der Waals surface area contributed by atoms with E-state index in [1.54, 1.807) is 22.8 Å². The van der Waals surface area contributed by atoms with Gasteiger partial charge in [-0.2, -0.15) is 0 Å². The molecule has 0 aliphatic carbocycles. The minimum Gasteiger partial charge on any atom is -0.311 e. The van der Waals surface area contributed by atoms with Gasteiger partial charge in [-0.15, -0.1) is 0 Å². The summed E-state index contributed by atoms with van der Waals surface area (Å²) < 4.78 is 1.67. The van der Waals surface area contributed by atoms with Gasteiger partial charge in [-0.25, -0.2) is 4.98 Å². The number of anilines is 1. The summed E-state index contributed by atoms with van der Waals surface area (Å²) in [5.41, 5.74) is 2.67. The number of thioether (sulfide) groups is 1. The van der Waals surface area contributed by atoms with E-state index in [-0.39, 0.29) is 17.2 Å². The molecule has 5 nitrogen and oxygen atoms in total. The number of amides is 1. The van der Waals surface area contributed by atoms with Gasteiger partial charge in [-0.1, -0.05) is 48.5 Å². The minimum atomic E-state index is -0.0909. The normalized spacial score (nSPS) is 13.5. The maximum atomic E-state index is 13.0. The topological polar surface area (TPSA) is 55.2 Å². The zero-order chi connectivity index (χ0) is 20.4. The molecule has 2 heterocycles. The maximum absolute atomic E-state index is 13.0. The molecule has 29 heavy (non-hydrogen) atoms. The molecule has 0 radical (unpaired) electrons. The molecule has 150 valence electrons. The van der Waals surface area contributed by atoms with Gasteiger partial charge < -0.3 is 4.90 Å². The molecule has 0 N–H and O–H groups in total. The Balaban J connectivity index is 1.62. The number of aryl methyl sites for hydroxylation is 1. The number of hydrogen-bond acceptors (Lipinski definition) is 4. The summed E-state index contributed by atoms with van der Waals surface area (Å²) in [6, 6.07) is 13.2. The second-order valence-electron chi connectivity index (χ2n) is 7.08. The summed E-state index contributed by atoms with van der Waals surface area (Å²) >= 11 is 7.40. The van der Waals surface area contributed by atoms with Gasteiger partial charge in [0.1, 0.15) is 0 Å². The SMILES string of the molecule is CCCn1c(SCC(=O)N2CCCc3ccccc32)nc2cc(Cl)ccc2c1=O. The monoisotopic (exact) mass is 427 g/mol. The molecule has 1 aromatic heterocycles. The fourth-order valence-electron chi connectivity index (χ4n) is 3.70. The highest BCUT2D eigenvalue weighted by Crippen LogP contribution is 2.28. The summed E-state index contributed by atoms with van der Waals surface area (Å²) in [6.07, 6.45) is 2.76. The molecule has 4 rings (SSSR count). The molecule has 7 heteroatoms. The number of nitrogens with zero attached hydrogens (tertiary/aromatic N) is 3. The van der Waals surface area contributed by atoms with Crippen LogP contribution < -0.4 is 10.5 Å². The van der Waals surface area contributed by atoms with E-state index < -0.39 is 0 Å². The average molecular weight is 428 g/mol. The third-order valence-electron chi connectivity index (χ3n) is 5.07. The molecule has 1 aliphatic heterocycles. The molecule has 1 aliphatic rings. The maximum Gasteiger partial charge on any atom is 0.262 e. The van der Waals surface area contributed by atoms with Crippen molar-refractivity contribution in [3.8, 4) is 0 Å². The molecule has 0 fully saturated rings. The Morgan fingerprint density at radius 3 is 2.90 bits per heavy atom. The molecule has 0 spiro atoms. The molecule has 0 saturated heterocycles. The van der Waals surface area contributed by atoms with Crippen molar-refractivity contribution in [1.82, 2.24) is 9.55 Å². The number of fused-ring (bicyclic) bond motifs is 2. The molecule has 0 saturated carbocycles. The minimum absolute atomic E-state index is 0.0330. The van der Waals surface area contributed by atoms with Crippen LogP contribution in [0.15, 0.2) is 52.4 Å². The van der Waals surface area contributed by atoms with Crippen LogP contribution in [0.1, 0.15) is 25.3 Å². The summed E-state index contributed by atoms with van der Waals surface area (Å²) in [5, 5.41) is 1.64. The third kappa shape index (κ3) is 4.05. The van der Waals surface area contributed by atoms with Crippen LogP contribution in [0, 0.1) is 0 Å². The third-order valence-corrected chi connectivity index (χ3v) is 6.26. The molecular weight excluding hydrogens is 406 g/mol. The van der Waals surface area contributed by atoms with Crippen molar-refractivity contribution in [2.45, 2.75) is 37.9 Å². The van der Waals surface area contributed by atoms with E-state index in [2.05, 4.69) is 11.1 Å². The summed E-state index contributed by atoms with van der Waals surface area (Å²) in [5.74, 6) is 0.266. The Bertz CT molecular complexity index is 1130. The summed E-state index contributed by atoms with van der Waals surface area (Å²) in [7, 11) is 0. The average Bonchev–Trinajstić information content (AvgIpc) is 2.73. The fourth-order valence-corrected chi connectivity index (χ4v) is 4.77. The zero-order valence-electron chi connectivity index (χ0n) is 16.2. The van der Waals surface area contributed by atoms with Gasteiger partial charge in [0.15, 0.2) is 5.16 Å². The number of carbonyl (C=O) groups is 1. The lowest BCUT2D eigenvalue weighted by Gasteiger charge is -2.29. The van der Waals surface area contributed by atoms with Crippen LogP contribution >= 0.6 is 23.4 Å². The molecular formula is C22H22ClN3O2S. The number of benzene rings is 2. The predicted octanol–water partition coefficient (Wildman–Crippen LogP) is 4.53. The smallest absolute Gasteiger partial charge is 0.262 e. The van der Waals surface area contributed by atoms with Crippen molar-refractivity contribution in [1.29, 1.82) is 0 Å². The fraction of sp³-hybridized carbons (Fsp3) is 0.318. The highest BCUT2D eigenvalue weighted by atomic mass is 35.5. The number of aromatic nitrogens is 2. The lowest BCUT2D eigenvalue weighted by atomic mass is 10.0. The van der Waals surface area contributed by atoms with E-state index in [1.807, 2.05) is 30.0 Å². The Morgan fingerprint density at radius 1 is 1.24 bits per heavy atom. The number of para-hydroxylation sites is 1. The Kier molecular flexibility index (Phi) is 5.92. The van der Waals surface area contributed by atoms with Crippen LogP contribution in [0.25, 0.3) is 10.9 Å². The lowest BCUT2D eigenvalue weighted by molar-refractivity contribution is -0.116. The van der Waals surface area contributed by atoms with Gasteiger partial charge in [0.2, 0.25) is 5.91 Å². The van der Waals surface area contributed by atoms with E-state index in [9.17, 15) is 9.59 Å². The van der Waals surface area contributed by atoms with Gasteiger partial charge >= 0.3 is 0 Å². The van der Waals surface area contributed by atoms with Crippen LogP contribution in [0.3, 0.4) is 0 Å². The number of hydrogen-bond donors (Lipinski definition) is 0. The first-order valence-electron chi connectivity index (χ1n) is 9.79. The molecule has 0 atom stereocenters.